The number of rotatable bonds is 5. The SMILES string of the molecule is Cc1cccn2c(=O)cc(COC(=O)/C=C/c3ccc([N+](=O)[O-])o3)nc12. The molecule has 0 amide bonds. The van der Waals surface area contributed by atoms with Crippen molar-refractivity contribution in [3.05, 3.63) is 80.1 Å². The fourth-order valence-electron chi connectivity index (χ4n) is 2.26. The lowest BCUT2D eigenvalue weighted by Gasteiger charge is -2.06. The second kappa shape index (κ2) is 7.01. The molecule has 0 spiro atoms. The van der Waals surface area contributed by atoms with Crippen LogP contribution in [-0.4, -0.2) is 20.3 Å². The van der Waals surface area contributed by atoms with Gasteiger partial charge in [0, 0.05) is 18.3 Å². The predicted molar refractivity (Wildman–Crippen MR) is 90.4 cm³/mol. The molecule has 0 aromatic carbocycles. The van der Waals surface area contributed by atoms with Crippen LogP contribution in [0.5, 0.6) is 0 Å². The van der Waals surface area contributed by atoms with Gasteiger partial charge in [0.05, 0.1) is 11.8 Å². The smallest absolute Gasteiger partial charge is 0.433 e. The Morgan fingerprint density at radius 3 is 2.96 bits per heavy atom. The van der Waals surface area contributed by atoms with E-state index in [0.717, 1.165) is 11.6 Å². The summed E-state index contributed by atoms with van der Waals surface area (Å²) >= 11 is 0. The molecular weight excluding hydrogens is 342 g/mol. The molecule has 0 fully saturated rings. The fourth-order valence-corrected chi connectivity index (χ4v) is 2.26. The summed E-state index contributed by atoms with van der Waals surface area (Å²) in [4.78, 5) is 38.0. The molecule has 0 bridgehead atoms. The first kappa shape index (κ1) is 17.1. The summed E-state index contributed by atoms with van der Waals surface area (Å²) in [5.74, 6) is -0.976. The van der Waals surface area contributed by atoms with E-state index in [0.29, 0.717) is 11.3 Å². The number of aromatic nitrogens is 2. The number of furan rings is 1. The number of aryl methyl sites for hydroxylation is 1. The highest BCUT2D eigenvalue weighted by Gasteiger charge is 2.10. The van der Waals surface area contributed by atoms with E-state index >= 15 is 0 Å². The van der Waals surface area contributed by atoms with Gasteiger partial charge < -0.3 is 9.15 Å². The van der Waals surface area contributed by atoms with Crippen LogP contribution in [0.3, 0.4) is 0 Å². The molecule has 0 radical (unpaired) electrons. The number of carbonyl (C=O) groups excluding carboxylic acids is 1. The molecule has 0 saturated carbocycles. The minimum Gasteiger partial charge on any atom is -0.456 e. The number of nitrogens with zero attached hydrogens (tertiary/aromatic N) is 3. The molecule has 9 nitrogen and oxygen atoms in total. The van der Waals surface area contributed by atoms with E-state index in [9.17, 15) is 19.7 Å². The number of hydrogen-bond donors (Lipinski definition) is 0. The molecule has 0 aliphatic carbocycles. The van der Waals surface area contributed by atoms with Crippen LogP contribution in [0.1, 0.15) is 17.0 Å². The lowest BCUT2D eigenvalue weighted by atomic mass is 10.3. The number of carbonyl (C=O) groups is 1. The molecular formula is C17H13N3O6. The van der Waals surface area contributed by atoms with Gasteiger partial charge in [-0.3, -0.25) is 19.3 Å². The average molecular weight is 355 g/mol. The number of nitro groups is 1. The van der Waals surface area contributed by atoms with Crippen molar-refractivity contribution in [2.75, 3.05) is 0 Å². The third-order valence-corrected chi connectivity index (χ3v) is 3.48. The third kappa shape index (κ3) is 3.66. The quantitative estimate of drug-likeness (QED) is 0.298. The topological polar surface area (TPSA) is 117 Å². The molecule has 3 aromatic heterocycles. The molecule has 0 aliphatic rings. The Morgan fingerprint density at radius 1 is 1.42 bits per heavy atom. The maximum atomic E-state index is 12.1. The van der Waals surface area contributed by atoms with Crippen LogP contribution < -0.4 is 5.56 Å². The third-order valence-electron chi connectivity index (χ3n) is 3.48. The van der Waals surface area contributed by atoms with Gasteiger partial charge >= 0.3 is 11.9 Å². The molecule has 0 N–H and O–H groups in total. The minimum atomic E-state index is -0.698. The Labute approximate surface area is 146 Å². The van der Waals surface area contributed by atoms with Crippen LogP contribution in [0.4, 0.5) is 5.88 Å². The van der Waals surface area contributed by atoms with E-state index in [1.165, 1.54) is 28.7 Å². The van der Waals surface area contributed by atoms with E-state index < -0.39 is 16.8 Å². The summed E-state index contributed by atoms with van der Waals surface area (Å²) in [5, 5.41) is 10.5. The van der Waals surface area contributed by atoms with E-state index in [4.69, 9.17) is 9.15 Å². The lowest BCUT2D eigenvalue weighted by molar-refractivity contribution is -0.402. The molecule has 132 valence electrons. The highest BCUT2D eigenvalue weighted by molar-refractivity contribution is 5.86. The van der Waals surface area contributed by atoms with Crippen LogP contribution in [0, 0.1) is 17.0 Å². The second-order valence-electron chi connectivity index (χ2n) is 5.34. The zero-order valence-electron chi connectivity index (χ0n) is 13.6. The summed E-state index contributed by atoms with van der Waals surface area (Å²) in [6, 6.07) is 7.40. The van der Waals surface area contributed by atoms with Crippen LogP contribution in [0.25, 0.3) is 11.7 Å². The number of pyridine rings is 1. The molecule has 0 saturated heterocycles. The predicted octanol–water partition coefficient (Wildman–Crippen LogP) is 2.26. The van der Waals surface area contributed by atoms with Crippen molar-refractivity contribution in [1.82, 2.24) is 9.38 Å². The maximum absolute atomic E-state index is 12.1. The summed E-state index contributed by atoms with van der Waals surface area (Å²) in [6.45, 7) is 1.64. The van der Waals surface area contributed by atoms with Crippen molar-refractivity contribution in [2.24, 2.45) is 0 Å². The van der Waals surface area contributed by atoms with Gasteiger partial charge in [0.2, 0.25) is 0 Å². The Kier molecular flexibility index (Phi) is 4.61. The Hall–Kier alpha value is -3.75. The monoisotopic (exact) mass is 355 g/mol. The first-order valence-corrected chi connectivity index (χ1v) is 7.51. The van der Waals surface area contributed by atoms with Gasteiger partial charge in [0.15, 0.2) is 0 Å². The largest absolute Gasteiger partial charge is 0.456 e. The van der Waals surface area contributed by atoms with Gasteiger partial charge in [-0.25, -0.2) is 9.78 Å². The molecule has 26 heavy (non-hydrogen) atoms. The second-order valence-corrected chi connectivity index (χ2v) is 5.34. The van der Waals surface area contributed by atoms with Crippen LogP contribution in [0.15, 0.2) is 51.8 Å². The van der Waals surface area contributed by atoms with Crippen LogP contribution in [-0.2, 0) is 16.1 Å². The number of fused-ring (bicyclic) bond motifs is 1. The summed E-state index contributed by atoms with van der Waals surface area (Å²) in [5.41, 5.74) is 1.35. The highest BCUT2D eigenvalue weighted by Crippen LogP contribution is 2.16. The van der Waals surface area contributed by atoms with Crippen molar-refractivity contribution in [3.8, 4) is 0 Å². The lowest BCUT2D eigenvalue weighted by Crippen LogP contribution is -2.17. The Balaban J connectivity index is 1.68. The molecule has 3 aromatic rings. The van der Waals surface area contributed by atoms with Gasteiger partial charge in [0.25, 0.3) is 5.56 Å². The average Bonchev–Trinajstić information content (AvgIpc) is 3.08. The van der Waals surface area contributed by atoms with Gasteiger partial charge in [0.1, 0.15) is 22.9 Å². The number of esters is 1. The van der Waals surface area contributed by atoms with Crippen LogP contribution in [0.2, 0.25) is 0 Å². The van der Waals surface area contributed by atoms with Gasteiger partial charge in [-0.1, -0.05) is 6.07 Å². The normalized spacial score (nSPS) is 11.1. The maximum Gasteiger partial charge on any atom is 0.433 e. The Bertz CT molecular complexity index is 1080. The van der Waals surface area contributed by atoms with Crippen molar-refractivity contribution < 1.29 is 18.9 Å². The van der Waals surface area contributed by atoms with E-state index in [1.807, 2.05) is 13.0 Å². The molecule has 0 aliphatic heterocycles. The molecule has 9 heteroatoms. The summed E-state index contributed by atoms with van der Waals surface area (Å²) in [7, 11) is 0. The van der Waals surface area contributed by atoms with E-state index in [1.54, 1.807) is 12.3 Å². The van der Waals surface area contributed by atoms with Gasteiger partial charge in [-0.15, -0.1) is 0 Å². The standard InChI is InChI=1S/C17H13N3O6/c1-11-3-2-8-19-14(21)9-12(18-17(11)19)10-25-16(22)7-5-13-4-6-15(26-13)20(23)24/h2-9H,10H2,1H3/b7-5+. The molecule has 0 atom stereocenters. The first-order chi connectivity index (χ1) is 12.4. The minimum absolute atomic E-state index is 0.145. The number of ether oxygens (including phenoxy) is 1. The van der Waals surface area contributed by atoms with Crippen molar-refractivity contribution in [3.63, 3.8) is 0 Å². The Morgan fingerprint density at radius 2 is 2.23 bits per heavy atom. The van der Waals surface area contributed by atoms with Crippen molar-refractivity contribution in [1.29, 1.82) is 0 Å². The van der Waals surface area contributed by atoms with Gasteiger partial charge in [-0.05, 0) is 30.7 Å². The first-order valence-electron chi connectivity index (χ1n) is 7.51. The van der Waals surface area contributed by atoms with E-state index in [-0.39, 0.29) is 17.9 Å². The summed E-state index contributed by atoms with van der Waals surface area (Å²) < 4.78 is 11.3. The zero-order valence-corrected chi connectivity index (χ0v) is 13.6. The molecule has 0 unspecified atom stereocenters. The zero-order chi connectivity index (χ0) is 18.7. The van der Waals surface area contributed by atoms with Crippen LogP contribution >= 0.6 is 0 Å². The van der Waals surface area contributed by atoms with Crippen molar-refractivity contribution in [2.45, 2.75) is 13.5 Å². The van der Waals surface area contributed by atoms with E-state index in [2.05, 4.69) is 4.98 Å². The number of hydrogen-bond acceptors (Lipinski definition) is 7. The molecule has 3 rings (SSSR count). The highest BCUT2D eigenvalue weighted by atomic mass is 16.6. The van der Waals surface area contributed by atoms with Crippen molar-refractivity contribution >= 4 is 23.6 Å². The van der Waals surface area contributed by atoms with Gasteiger partial charge in [-0.2, -0.15) is 0 Å². The summed E-state index contributed by atoms with van der Waals surface area (Å²) in [6.07, 6.45) is 3.93. The fraction of sp³-hybridized carbons (Fsp3) is 0.118. The molecule has 3 heterocycles.